The normalized spacial score (nSPS) is 11.1. The van der Waals surface area contributed by atoms with Crippen LogP contribution in [-0.4, -0.2) is 31.6 Å². The number of nitrogens with two attached hydrogens (primary N) is 1. The lowest BCUT2D eigenvalue weighted by molar-refractivity contribution is -0.120. The molecule has 0 atom stereocenters. The molecule has 0 aromatic carbocycles. The van der Waals surface area contributed by atoms with Crippen LogP contribution in [0.25, 0.3) is 0 Å². The number of nitrogens with one attached hydrogen (secondary N) is 1. The van der Waals surface area contributed by atoms with Crippen molar-refractivity contribution in [2.45, 2.75) is 6.42 Å². The van der Waals surface area contributed by atoms with E-state index in [9.17, 15) is 13.2 Å². The fourth-order valence-corrected chi connectivity index (χ4v) is 1.47. The summed E-state index contributed by atoms with van der Waals surface area (Å²) in [5.74, 6) is -0.511. The summed E-state index contributed by atoms with van der Waals surface area (Å²) in [7, 11) is -3.52. The Morgan fingerprint density at radius 3 is 2.81 bits per heavy atom. The quantitative estimate of drug-likeness (QED) is 0.694. The van der Waals surface area contributed by atoms with Crippen LogP contribution in [0.15, 0.2) is 24.5 Å². The van der Waals surface area contributed by atoms with Crippen molar-refractivity contribution >= 4 is 15.9 Å². The van der Waals surface area contributed by atoms with E-state index in [0.717, 1.165) is 5.56 Å². The molecular weight excluding hydrogens is 230 g/mol. The topological polar surface area (TPSA) is 102 Å². The number of amides is 1. The summed E-state index contributed by atoms with van der Waals surface area (Å²) < 4.78 is 21.2. The molecule has 0 saturated carbocycles. The zero-order valence-corrected chi connectivity index (χ0v) is 9.40. The monoisotopic (exact) mass is 243 g/mol. The number of nitrogens with zero attached hydrogens (tertiary/aromatic N) is 1. The third-order valence-electron chi connectivity index (χ3n) is 1.80. The van der Waals surface area contributed by atoms with Crippen LogP contribution in [0.4, 0.5) is 0 Å². The van der Waals surface area contributed by atoms with Gasteiger partial charge in [0.2, 0.25) is 15.9 Å². The molecule has 1 heterocycles. The summed E-state index contributed by atoms with van der Waals surface area (Å²) in [5, 5.41) is 7.25. The smallest absolute Gasteiger partial charge is 0.224 e. The van der Waals surface area contributed by atoms with E-state index in [1.165, 1.54) is 0 Å². The number of rotatable bonds is 5. The van der Waals surface area contributed by atoms with Crippen LogP contribution in [0.2, 0.25) is 0 Å². The molecule has 1 aromatic rings. The third-order valence-corrected chi connectivity index (χ3v) is 2.57. The van der Waals surface area contributed by atoms with Crippen molar-refractivity contribution in [3.05, 3.63) is 30.1 Å². The van der Waals surface area contributed by atoms with Crippen molar-refractivity contribution in [2.75, 3.05) is 12.3 Å². The zero-order chi connectivity index (χ0) is 12.0. The van der Waals surface area contributed by atoms with Crippen LogP contribution in [0, 0.1) is 0 Å². The van der Waals surface area contributed by atoms with Gasteiger partial charge in [0.15, 0.2) is 0 Å². The van der Waals surface area contributed by atoms with E-state index in [2.05, 4.69) is 10.3 Å². The van der Waals surface area contributed by atoms with E-state index in [-0.39, 0.29) is 24.6 Å². The van der Waals surface area contributed by atoms with Crippen molar-refractivity contribution in [1.29, 1.82) is 0 Å². The Bertz CT molecular complexity index is 444. The molecule has 1 amide bonds. The minimum atomic E-state index is -3.52. The van der Waals surface area contributed by atoms with Crippen LogP contribution in [-0.2, 0) is 21.2 Å². The second-order valence-corrected chi connectivity index (χ2v) is 4.99. The molecule has 0 radical (unpaired) electrons. The first-order valence-corrected chi connectivity index (χ1v) is 6.35. The maximum atomic E-state index is 11.3. The summed E-state index contributed by atoms with van der Waals surface area (Å²) in [6, 6.07) is 3.50. The van der Waals surface area contributed by atoms with E-state index in [1.807, 2.05) is 0 Å². The molecule has 88 valence electrons. The Balaban J connectivity index is 2.32. The van der Waals surface area contributed by atoms with Crippen LogP contribution < -0.4 is 10.5 Å². The molecule has 0 aliphatic rings. The standard InChI is InChI=1S/C9H13N3O3S/c10-16(14,15)5-4-12-9(13)6-8-2-1-3-11-7-8/h1-3,7H,4-6H2,(H,12,13)(H2,10,14,15). The highest BCUT2D eigenvalue weighted by atomic mass is 32.2. The van der Waals surface area contributed by atoms with Gasteiger partial charge in [-0.25, -0.2) is 13.6 Å². The van der Waals surface area contributed by atoms with E-state index in [4.69, 9.17) is 5.14 Å². The molecule has 0 spiro atoms. The van der Waals surface area contributed by atoms with Gasteiger partial charge < -0.3 is 5.32 Å². The molecule has 0 saturated heterocycles. The van der Waals surface area contributed by atoms with Crippen LogP contribution in [0.5, 0.6) is 0 Å². The highest BCUT2D eigenvalue weighted by Crippen LogP contribution is 1.96. The zero-order valence-electron chi connectivity index (χ0n) is 8.59. The maximum absolute atomic E-state index is 11.3. The van der Waals surface area contributed by atoms with Gasteiger partial charge >= 0.3 is 0 Å². The van der Waals surface area contributed by atoms with Gasteiger partial charge in [-0.15, -0.1) is 0 Å². The summed E-state index contributed by atoms with van der Waals surface area (Å²) in [4.78, 5) is 15.2. The molecule has 1 aromatic heterocycles. The Morgan fingerprint density at radius 2 is 2.25 bits per heavy atom. The van der Waals surface area contributed by atoms with Gasteiger partial charge in [-0.3, -0.25) is 9.78 Å². The van der Waals surface area contributed by atoms with Gasteiger partial charge in [-0.05, 0) is 11.6 Å². The van der Waals surface area contributed by atoms with E-state index >= 15 is 0 Å². The molecule has 16 heavy (non-hydrogen) atoms. The summed E-state index contributed by atoms with van der Waals surface area (Å²) in [6.07, 6.45) is 3.38. The number of hydrogen-bond donors (Lipinski definition) is 2. The van der Waals surface area contributed by atoms with Crippen LogP contribution in [0.3, 0.4) is 0 Å². The SMILES string of the molecule is NS(=O)(=O)CCNC(=O)Cc1cccnc1. The lowest BCUT2D eigenvalue weighted by Gasteiger charge is -2.03. The predicted octanol–water partition coefficient (Wildman–Crippen LogP) is -0.971. The summed E-state index contributed by atoms with van der Waals surface area (Å²) in [6.45, 7) is 0.0257. The Morgan fingerprint density at radius 1 is 1.50 bits per heavy atom. The lowest BCUT2D eigenvalue weighted by atomic mass is 10.2. The van der Waals surface area contributed by atoms with Crippen molar-refractivity contribution < 1.29 is 13.2 Å². The number of primary sulfonamides is 1. The number of aromatic nitrogens is 1. The van der Waals surface area contributed by atoms with Crippen molar-refractivity contribution in [3.8, 4) is 0 Å². The third kappa shape index (κ3) is 5.42. The largest absolute Gasteiger partial charge is 0.355 e. The first-order chi connectivity index (χ1) is 7.47. The average molecular weight is 243 g/mol. The molecule has 0 aliphatic carbocycles. The number of pyridine rings is 1. The Labute approximate surface area is 93.9 Å². The maximum Gasteiger partial charge on any atom is 0.224 e. The second-order valence-electron chi connectivity index (χ2n) is 3.25. The summed E-state index contributed by atoms with van der Waals surface area (Å²) in [5.41, 5.74) is 0.774. The molecule has 0 bridgehead atoms. The van der Waals surface area contributed by atoms with Crippen LogP contribution in [0.1, 0.15) is 5.56 Å². The number of carbonyl (C=O) groups is 1. The number of sulfonamides is 1. The number of hydrogen-bond acceptors (Lipinski definition) is 4. The highest BCUT2D eigenvalue weighted by molar-refractivity contribution is 7.89. The molecular formula is C9H13N3O3S. The first kappa shape index (κ1) is 12.6. The first-order valence-electron chi connectivity index (χ1n) is 4.63. The van der Waals surface area contributed by atoms with Gasteiger partial charge in [0, 0.05) is 18.9 Å². The molecule has 0 aliphatic heterocycles. The predicted molar refractivity (Wildman–Crippen MR) is 58.9 cm³/mol. The summed E-state index contributed by atoms with van der Waals surface area (Å²) >= 11 is 0. The van der Waals surface area contributed by atoms with Crippen molar-refractivity contribution in [3.63, 3.8) is 0 Å². The Kier molecular flexibility index (Phi) is 4.39. The van der Waals surface area contributed by atoms with Gasteiger partial charge in [-0.1, -0.05) is 6.07 Å². The lowest BCUT2D eigenvalue weighted by Crippen LogP contribution is -2.32. The Hall–Kier alpha value is -1.47. The van der Waals surface area contributed by atoms with E-state index < -0.39 is 10.0 Å². The molecule has 6 nitrogen and oxygen atoms in total. The fraction of sp³-hybridized carbons (Fsp3) is 0.333. The molecule has 3 N–H and O–H groups in total. The van der Waals surface area contributed by atoms with Gasteiger partial charge in [0.1, 0.15) is 0 Å². The fourth-order valence-electron chi connectivity index (χ4n) is 1.08. The van der Waals surface area contributed by atoms with Gasteiger partial charge in [-0.2, -0.15) is 0 Å². The minimum Gasteiger partial charge on any atom is -0.355 e. The van der Waals surface area contributed by atoms with Gasteiger partial charge in [0.25, 0.3) is 0 Å². The second kappa shape index (κ2) is 5.57. The van der Waals surface area contributed by atoms with Crippen molar-refractivity contribution in [1.82, 2.24) is 10.3 Å². The van der Waals surface area contributed by atoms with Gasteiger partial charge in [0.05, 0.1) is 12.2 Å². The average Bonchev–Trinajstić information content (AvgIpc) is 2.17. The molecule has 1 rings (SSSR count). The van der Waals surface area contributed by atoms with Crippen molar-refractivity contribution in [2.24, 2.45) is 5.14 Å². The highest BCUT2D eigenvalue weighted by Gasteiger charge is 2.05. The molecule has 0 fully saturated rings. The number of carbonyl (C=O) groups excluding carboxylic acids is 1. The van der Waals surface area contributed by atoms with E-state index in [0.29, 0.717) is 0 Å². The minimum absolute atomic E-state index is 0.0257. The van der Waals surface area contributed by atoms with Crippen LogP contribution >= 0.6 is 0 Å². The molecule has 7 heteroatoms. The molecule has 0 unspecified atom stereocenters. The van der Waals surface area contributed by atoms with E-state index in [1.54, 1.807) is 24.5 Å².